The summed E-state index contributed by atoms with van der Waals surface area (Å²) in [5.74, 6) is -0.435. The van der Waals surface area contributed by atoms with Crippen LogP contribution in [0.1, 0.15) is 26.2 Å². The van der Waals surface area contributed by atoms with Crippen molar-refractivity contribution in [1.29, 1.82) is 0 Å². The number of hydrogen-bond acceptors (Lipinski definition) is 3. The molecule has 3 aliphatic rings. The van der Waals surface area contributed by atoms with E-state index >= 15 is 0 Å². The average Bonchev–Trinajstić information content (AvgIpc) is 3.14. The number of imide groups is 1. The number of carbonyl (C=O) groups is 3. The maximum atomic E-state index is 12.5. The highest BCUT2D eigenvalue weighted by atomic mass is 16.2. The van der Waals surface area contributed by atoms with Crippen LogP contribution in [0.2, 0.25) is 0 Å². The fourth-order valence-corrected chi connectivity index (χ4v) is 3.90. The molecule has 21 heavy (non-hydrogen) atoms. The molecule has 1 saturated carbocycles. The topological polar surface area (TPSA) is 57.7 Å². The van der Waals surface area contributed by atoms with E-state index in [-0.39, 0.29) is 47.9 Å². The highest BCUT2D eigenvalue weighted by Gasteiger charge is 2.59. The summed E-state index contributed by atoms with van der Waals surface area (Å²) >= 11 is 0. The molecule has 3 amide bonds. The monoisotopic (exact) mass is 290 g/mol. The van der Waals surface area contributed by atoms with Crippen LogP contribution in [-0.4, -0.2) is 47.7 Å². The summed E-state index contributed by atoms with van der Waals surface area (Å²) in [7, 11) is 1.73. The molecule has 2 aliphatic carbocycles. The van der Waals surface area contributed by atoms with Crippen molar-refractivity contribution in [2.24, 2.45) is 23.7 Å². The van der Waals surface area contributed by atoms with E-state index in [1.807, 2.05) is 0 Å². The SMILES string of the molecule is CCCCN(C)C(=O)CN1C(=O)[C@@H]2[C@@H](C1=O)[C@H]1C=C[C@H]2C1. The fraction of sp³-hybridized carbons (Fsp3) is 0.688. The summed E-state index contributed by atoms with van der Waals surface area (Å²) in [6.07, 6.45) is 7.00. The van der Waals surface area contributed by atoms with Crippen molar-refractivity contribution in [2.45, 2.75) is 26.2 Å². The van der Waals surface area contributed by atoms with Gasteiger partial charge in [0.1, 0.15) is 6.54 Å². The molecule has 5 heteroatoms. The van der Waals surface area contributed by atoms with Gasteiger partial charge in [0.15, 0.2) is 0 Å². The van der Waals surface area contributed by atoms with Crippen molar-refractivity contribution in [1.82, 2.24) is 9.80 Å². The van der Waals surface area contributed by atoms with Crippen LogP contribution in [0.4, 0.5) is 0 Å². The van der Waals surface area contributed by atoms with Gasteiger partial charge in [-0.3, -0.25) is 19.3 Å². The Morgan fingerprint density at radius 1 is 1.24 bits per heavy atom. The van der Waals surface area contributed by atoms with Crippen molar-refractivity contribution in [3.8, 4) is 0 Å². The van der Waals surface area contributed by atoms with Crippen molar-refractivity contribution < 1.29 is 14.4 Å². The van der Waals surface area contributed by atoms with Crippen molar-refractivity contribution in [2.75, 3.05) is 20.1 Å². The Bertz CT molecular complexity index is 484. The van der Waals surface area contributed by atoms with Crippen LogP contribution in [0.3, 0.4) is 0 Å². The second-order valence-electron chi connectivity index (χ2n) is 6.43. The molecule has 3 rings (SSSR count). The maximum Gasteiger partial charge on any atom is 0.242 e. The zero-order chi connectivity index (χ0) is 15.1. The van der Waals surface area contributed by atoms with Gasteiger partial charge in [-0.25, -0.2) is 0 Å². The van der Waals surface area contributed by atoms with Crippen molar-refractivity contribution in [3.05, 3.63) is 12.2 Å². The second-order valence-corrected chi connectivity index (χ2v) is 6.43. The Balaban J connectivity index is 1.66. The minimum absolute atomic E-state index is 0.0929. The Morgan fingerprint density at radius 2 is 1.81 bits per heavy atom. The summed E-state index contributed by atoms with van der Waals surface area (Å²) in [5.41, 5.74) is 0. The molecule has 5 nitrogen and oxygen atoms in total. The minimum atomic E-state index is -0.207. The lowest BCUT2D eigenvalue weighted by molar-refractivity contribution is -0.146. The van der Waals surface area contributed by atoms with E-state index in [4.69, 9.17) is 0 Å². The van der Waals surface area contributed by atoms with Crippen LogP contribution in [0, 0.1) is 23.7 Å². The van der Waals surface area contributed by atoms with Crippen LogP contribution in [-0.2, 0) is 14.4 Å². The smallest absolute Gasteiger partial charge is 0.242 e. The number of amides is 3. The van der Waals surface area contributed by atoms with Gasteiger partial charge in [0, 0.05) is 13.6 Å². The molecule has 2 fully saturated rings. The van der Waals surface area contributed by atoms with Crippen LogP contribution >= 0.6 is 0 Å². The lowest BCUT2D eigenvalue weighted by Crippen LogP contribution is -2.42. The number of nitrogens with zero attached hydrogens (tertiary/aromatic N) is 2. The van der Waals surface area contributed by atoms with E-state index in [0.717, 1.165) is 19.3 Å². The van der Waals surface area contributed by atoms with E-state index in [1.54, 1.807) is 11.9 Å². The Hall–Kier alpha value is -1.65. The van der Waals surface area contributed by atoms with Gasteiger partial charge in [0.25, 0.3) is 0 Å². The lowest BCUT2D eigenvalue weighted by Gasteiger charge is -2.21. The summed E-state index contributed by atoms with van der Waals surface area (Å²) < 4.78 is 0. The van der Waals surface area contributed by atoms with Gasteiger partial charge < -0.3 is 4.90 Å². The van der Waals surface area contributed by atoms with E-state index in [2.05, 4.69) is 19.1 Å². The molecule has 1 saturated heterocycles. The highest BCUT2D eigenvalue weighted by molar-refractivity contribution is 6.08. The lowest BCUT2D eigenvalue weighted by atomic mass is 9.85. The minimum Gasteiger partial charge on any atom is -0.344 e. The van der Waals surface area contributed by atoms with Gasteiger partial charge in [0.2, 0.25) is 17.7 Å². The zero-order valence-corrected chi connectivity index (χ0v) is 12.6. The third-order valence-electron chi connectivity index (χ3n) is 5.13. The van der Waals surface area contributed by atoms with Crippen LogP contribution in [0.5, 0.6) is 0 Å². The number of rotatable bonds is 5. The molecule has 0 aromatic heterocycles. The number of likely N-dealkylation sites (N-methyl/N-ethyl adjacent to an activating group) is 1. The Kier molecular flexibility index (Phi) is 3.59. The van der Waals surface area contributed by atoms with E-state index < -0.39 is 0 Å². The molecule has 0 aromatic carbocycles. The first-order chi connectivity index (χ1) is 10.0. The van der Waals surface area contributed by atoms with Gasteiger partial charge >= 0.3 is 0 Å². The normalized spacial score (nSPS) is 33.0. The summed E-state index contributed by atoms with van der Waals surface area (Å²) in [6.45, 7) is 2.64. The van der Waals surface area contributed by atoms with Crippen LogP contribution < -0.4 is 0 Å². The van der Waals surface area contributed by atoms with E-state index in [0.29, 0.717) is 6.54 Å². The molecule has 4 atom stereocenters. The standard InChI is InChI=1S/C16H22N2O3/c1-3-4-7-17(2)12(19)9-18-15(20)13-10-5-6-11(8-10)14(13)16(18)21/h5-6,10-11,13-14H,3-4,7-9H2,1-2H3/t10-,11-,13-,14-/m0/s1. The molecule has 0 aromatic rings. The molecule has 114 valence electrons. The molecule has 2 bridgehead atoms. The van der Waals surface area contributed by atoms with Gasteiger partial charge in [-0.1, -0.05) is 25.5 Å². The van der Waals surface area contributed by atoms with Crippen LogP contribution in [0.15, 0.2) is 12.2 Å². The number of unbranched alkanes of at least 4 members (excludes halogenated alkanes) is 1. The number of hydrogen-bond donors (Lipinski definition) is 0. The van der Waals surface area contributed by atoms with E-state index in [1.165, 1.54) is 4.90 Å². The van der Waals surface area contributed by atoms with E-state index in [9.17, 15) is 14.4 Å². The molecule has 1 heterocycles. The largest absolute Gasteiger partial charge is 0.344 e. The first-order valence-corrected chi connectivity index (χ1v) is 7.82. The Labute approximate surface area is 125 Å². The molecular weight excluding hydrogens is 268 g/mol. The third-order valence-corrected chi connectivity index (χ3v) is 5.13. The first-order valence-electron chi connectivity index (χ1n) is 7.82. The predicted molar refractivity (Wildman–Crippen MR) is 77.0 cm³/mol. The van der Waals surface area contributed by atoms with Gasteiger partial charge in [-0.2, -0.15) is 0 Å². The molecule has 0 spiro atoms. The zero-order valence-electron chi connectivity index (χ0n) is 12.6. The number of likely N-dealkylation sites (tertiary alicyclic amines) is 1. The summed E-state index contributed by atoms with van der Waals surface area (Å²) in [4.78, 5) is 39.9. The highest BCUT2D eigenvalue weighted by Crippen LogP contribution is 2.52. The molecule has 0 radical (unpaired) electrons. The predicted octanol–water partition coefficient (Wildman–Crippen LogP) is 1.05. The number of carbonyl (C=O) groups excluding carboxylic acids is 3. The Morgan fingerprint density at radius 3 is 2.33 bits per heavy atom. The van der Waals surface area contributed by atoms with Crippen molar-refractivity contribution >= 4 is 17.7 Å². The summed E-state index contributed by atoms with van der Waals surface area (Å²) in [5, 5.41) is 0. The van der Waals surface area contributed by atoms with Gasteiger partial charge in [-0.05, 0) is 24.7 Å². The van der Waals surface area contributed by atoms with Gasteiger partial charge in [-0.15, -0.1) is 0 Å². The van der Waals surface area contributed by atoms with Crippen molar-refractivity contribution in [3.63, 3.8) is 0 Å². The van der Waals surface area contributed by atoms with Gasteiger partial charge in [0.05, 0.1) is 11.8 Å². The number of allylic oxidation sites excluding steroid dienone is 2. The third kappa shape index (κ3) is 2.19. The fourth-order valence-electron chi connectivity index (χ4n) is 3.90. The second kappa shape index (κ2) is 5.28. The molecule has 0 N–H and O–H groups in total. The molecular formula is C16H22N2O3. The molecule has 1 aliphatic heterocycles. The summed E-state index contributed by atoms with van der Waals surface area (Å²) in [6, 6.07) is 0. The first kappa shape index (κ1) is 14.3. The average molecular weight is 290 g/mol. The quantitative estimate of drug-likeness (QED) is 0.562. The molecule has 0 unspecified atom stereocenters. The van der Waals surface area contributed by atoms with Crippen LogP contribution in [0.25, 0.3) is 0 Å². The number of fused-ring (bicyclic) bond motifs is 5. The maximum absolute atomic E-state index is 12.5.